The number of aliphatic carboxylic acids is 1. The molecule has 0 aliphatic heterocycles. The number of thiophene rings is 1. The number of fused-ring (bicyclic) bond motifs is 1. The lowest BCUT2D eigenvalue weighted by molar-refractivity contribution is -0.153. The highest BCUT2D eigenvalue weighted by atomic mass is 32.2. The molecule has 0 spiro atoms. The summed E-state index contributed by atoms with van der Waals surface area (Å²) in [6.07, 6.45) is -4.57. The van der Waals surface area contributed by atoms with Crippen LogP contribution in [0.2, 0.25) is 0 Å². The molecule has 0 radical (unpaired) electrons. The number of hydrogen-bond donors (Lipinski definition) is 1. The topological polar surface area (TPSA) is 87.8 Å². The maximum atomic E-state index is 13.2. The van der Waals surface area contributed by atoms with Crippen LogP contribution in [0.5, 0.6) is 0 Å². The lowest BCUT2D eigenvalue weighted by Crippen LogP contribution is -2.22. The first-order valence-electron chi connectivity index (χ1n) is 12.9. The largest absolute Gasteiger partial charge is 0.480 e. The average Bonchev–Trinajstić information content (AvgIpc) is 3.53. The number of furan rings is 1. The Bertz CT molecular complexity index is 1840. The van der Waals surface area contributed by atoms with Gasteiger partial charge in [-0.05, 0) is 64.9 Å². The molecule has 0 saturated heterocycles. The summed E-state index contributed by atoms with van der Waals surface area (Å²) in [4.78, 5) is 14.0. The van der Waals surface area contributed by atoms with E-state index in [0.29, 0.717) is 18.7 Å². The van der Waals surface area contributed by atoms with Crippen molar-refractivity contribution in [2.75, 3.05) is 5.75 Å². The van der Waals surface area contributed by atoms with Gasteiger partial charge in [-0.3, -0.25) is 9.69 Å². The number of benzene rings is 3. The molecular weight excluding hydrogens is 587 g/mol. The van der Waals surface area contributed by atoms with Crippen LogP contribution in [0.4, 0.5) is 13.2 Å². The SMILES string of the molecule is Cc1sc2ccccc2c1CN(Cc1ccc(-c2cccc(S(=O)(=O)CC(=O)O)c2)cc1)Cc1ccc(C(F)(F)F)o1. The fraction of sp³-hybridized carbons (Fsp3) is 0.194. The van der Waals surface area contributed by atoms with Crippen molar-refractivity contribution in [1.82, 2.24) is 4.90 Å². The highest BCUT2D eigenvalue weighted by Crippen LogP contribution is 2.34. The second kappa shape index (κ2) is 11.7. The van der Waals surface area contributed by atoms with E-state index in [1.807, 2.05) is 60.4 Å². The van der Waals surface area contributed by atoms with Crippen LogP contribution in [0.1, 0.15) is 27.5 Å². The third-order valence-electron chi connectivity index (χ3n) is 6.80. The molecule has 0 aliphatic carbocycles. The molecule has 2 aromatic heterocycles. The number of nitrogens with zero attached hydrogens (tertiary/aromatic N) is 1. The monoisotopic (exact) mass is 613 g/mol. The molecular formula is C31H26F3NO5S2. The van der Waals surface area contributed by atoms with E-state index in [4.69, 9.17) is 9.52 Å². The van der Waals surface area contributed by atoms with Gasteiger partial charge in [0.1, 0.15) is 5.76 Å². The van der Waals surface area contributed by atoms with Crippen LogP contribution >= 0.6 is 11.3 Å². The van der Waals surface area contributed by atoms with Gasteiger partial charge in [-0.2, -0.15) is 13.2 Å². The number of sulfone groups is 1. The maximum absolute atomic E-state index is 13.2. The van der Waals surface area contributed by atoms with E-state index < -0.39 is 33.5 Å². The van der Waals surface area contributed by atoms with Gasteiger partial charge < -0.3 is 9.52 Å². The second-order valence-corrected chi connectivity index (χ2v) is 13.2. The number of carbonyl (C=O) groups is 1. The third kappa shape index (κ3) is 6.75. The number of halogens is 3. The van der Waals surface area contributed by atoms with Gasteiger partial charge in [-0.15, -0.1) is 11.3 Å². The standard InChI is InChI=1S/C31H26F3NO5S2/c1-20-27(26-7-2-3-8-28(26)41-20)18-35(17-24-13-14-29(40-24)31(32,33)34)16-21-9-11-22(12-10-21)23-5-4-6-25(15-23)42(38,39)19-30(36)37/h2-15H,16-19H2,1H3,(H,36,37). The molecule has 11 heteroatoms. The third-order valence-corrected chi connectivity index (χ3v) is 9.53. The predicted molar refractivity (Wildman–Crippen MR) is 155 cm³/mol. The minimum atomic E-state index is -4.57. The zero-order chi connectivity index (χ0) is 30.1. The van der Waals surface area contributed by atoms with Gasteiger partial charge in [-0.25, -0.2) is 8.42 Å². The summed E-state index contributed by atoms with van der Waals surface area (Å²) in [6.45, 7) is 3.10. The zero-order valence-corrected chi connectivity index (χ0v) is 24.0. The number of carboxylic acids is 1. The van der Waals surface area contributed by atoms with E-state index in [1.54, 1.807) is 23.5 Å². The van der Waals surface area contributed by atoms with Crippen LogP contribution in [0.15, 0.2) is 94.2 Å². The Balaban J connectivity index is 1.41. The lowest BCUT2D eigenvalue weighted by atomic mass is 10.0. The van der Waals surface area contributed by atoms with Gasteiger partial charge in [0.05, 0.1) is 11.4 Å². The zero-order valence-electron chi connectivity index (χ0n) is 22.4. The molecule has 1 N–H and O–H groups in total. The Morgan fingerprint density at radius 3 is 2.33 bits per heavy atom. The minimum absolute atomic E-state index is 0.0762. The smallest absolute Gasteiger partial charge is 0.449 e. The molecule has 0 unspecified atom stereocenters. The second-order valence-electron chi connectivity index (χ2n) is 9.92. The summed E-state index contributed by atoms with van der Waals surface area (Å²) in [6, 6.07) is 23.8. The molecule has 0 saturated carbocycles. The van der Waals surface area contributed by atoms with Crippen molar-refractivity contribution in [2.45, 2.75) is 37.6 Å². The first-order chi connectivity index (χ1) is 19.9. The van der Waals surface area contributed by atoms with E-state index >= 15 is 0 Å². The molecule has 218 valence electrons. The Morgan fingerprint density at radius 2 is 1.64 bits per heavy atom. The minimum Gasteiger partial charge on any atom is -0.480 e. The molecule has 5 rings (SSSR count). The Hall–Kier alpha value is -3.93. The highest BCUT2D eigenvalue weighted by Gasteiger charge is 2.35. The van der Waals surface area contributed by atoms with E-state index in [1.165, 1.54) is 18.2 Å². The molecule has 3 aromatic carbocycles. The van der Waals surface area contributed by atoms with Gasteiger partial charge in [0.15, 0.2) is 15.6 Å². The predicted octanol–water partition coefficient (Wildman–Crippen LogP) is 7.55. The van der Waals surface area contributed by atoms with Crippen molar-refractivity contribution < 1.29 is 35.9 Å². The number of rotatable bonds is 10. The van der Waals surface area contributed by atoms with Crippen molar-refractivity contribution in [3.8, 4) is 11.1 Å². The van der Waals surface area contributed by atoms with Gasteiger partial charge in [-0.1, -0.05) is 54.6 Å². The van der Waals surface area contributed by atoms with E-state index in [2.05, 4.69) is 0 Å². The summed E-state index contributed by atoms with van der Waals surface area (Å²) in [5.74, 6) is -3.25. The van der Waals surface area contributed by atoms with E-state index in [0.717, 1.165) is 37.7 Å². The average molecular weight is 614 g/mol. The Morgan fingerprint density at radius 1 is 0.905 bits per heavy atom. The molecule has 42 heavy (non-hydrogen) atoms. The summed E-state index contributed by atoms with van der Waals surface area (Å²) in [5, 5.41) is 10.0. The van der Waals surface area contributed by atoms with Gasteiger partial charge in [0.2, 0.25) is 5.76 Å². The number of carboxylic acid groups (broad SMARTS) is 1. The molecule has 0 aliphatic rings. The number of alkyl halides is 3. The molecule has 0 bridgehead atoms. The molecule has 6 nitrogen and oxygen atoms in total. The summed E-state index contributed by atoms with van der Waals surface area (Å²) >= 11 is 1.67. The molecule has 0 fully saturated rings. The van der Waals surface area contributed by atoms with E-state index in [9.17, 15) is 26.4 Å². The van der Waals surface area contributed by atoms with Crippen LogP contribution in [0.3, 0.4) is 0 Å². The van der Waals surface area contributed by atoms with Crippen LogP contribution in [-0.4, -0.2) is 30.1 Å². The van der Waals surface area contributed by atoms with Crippen molar-refractivity contribution in [2.24, 2.45) is 0 Å². The van der Waals surface area contributed by atoms with Crippen molar-refractivity contribution >= 4 is 37.2 Å². The maximum Gasteiger partial charge on any atom is 0.449 e. The Labute approximate surface area is 244 Å². The molecule has 0 atom stereocenters. The highest BCUT2D eigenvalue weighted by molar-refractivity contribution is 7.92. The number of aryl methyl sites for hydroxylation is 1. The van der Waals surface area contributed by atoms with Crippen LogP contribution in [0.25, 0.3) is 21.2 Å². The van der Waals surface area contributed by atoms with Gasteiger partial charge >= 0.3 is 12.1 Å². The van der Waals surface area contributed by atoms with E-state index in [-0.39, 0.29) is 17.2 Å². The first-order valence-corrected chi connectivity index (χ1v) is 15.3. The van der Waals surface area contributed by atoms with Crippen molar-refractivity contribution in [3.63, 3.8) is 0 Å². The van der Waals surface area contributed by atoms with Crippen LogP contribution in [-0.2, 0) is 40.4 Å². The summed E-state index contributed by atoms with van der Waals surface area (Å²) in [5.41, 5.74) is 3.35. The van der Waals surface area contributed by atoms with Crippen molar-refractivity contribution in [3.05, 3.63) is 112 Å². The van der Waals surface area contributed by atoms with Gasteiger partial charge in [0.25, 0.3) is 0 Å². The van der Waals surface area contributed by atoms with Crippen LogP contribution < -0.4 is 0 Å². The molecule has 2 heterocycles. The van der Waals surface area contributed by atoms with Crippen LogP contribution in [0, 0.1) is 6.92 Å². The first kappa shape index (κ1) is 29.6. The van der Waals surface area contributed by atoms with Gasteiger partial charge in [0, 0.05) is 22.7 Å². The summed E-state index contributed by atoms with van der Waals surface area (Å²) in [7, 11) is -3.98. The lowest BCUT2D eigenvalue weighted by Gasteiger charge is -2.22. The molecule has 5 aromatic rings. The fourth-order valence-electron chi connectivity index (χ4n) is 4.82. The normalized spacial score (nSPS) is 12.3. The molecule has 0 amide bonds. The van der Waals surface area contributed by atoms with Crippen molar-refractivity contribution in [1.29, 1.82) is 0 Å². The fourth-order valence-corrected chi connectivity index (χ4v) is 6.98. The summed E-state index contributed by atoms with van der Waals surface area (Å²) < 4.78 is 70.6. The Kier molecular flexibility index (Phi) is 8.27. The quantitative estimate of drug-likeness (QED) is 0.175. The number of hydrogen-bond acceptors (Lipinski definition) is 6.